The number of benzene rings is 1. The highest BCUT2D eigenvalue weighted by Gasteiger charge is 2.41. The van der Waals surface area contributed by atoms with Gasteiger partial charge in [-0.15, -0.1) is 0 Å². The molecule has 4 heteroatoms. The zero-order valence-electron chi connectivity index (χ0n) is 12.6. The molecule has 0 radical (unpaired) electrons. The molecule has 2 heterocycles. The fraction of sp³-hybridized carbons (Fsp3) is 0.647. The molecule has 3 rings (SSSR count). The zero-order valence-corrected chi connectivity index (χ0v) is 14.8. The van der Waals surface area contributed by atoms with Gasteiger partial charge in [0.2, 0.25) is 0 Å². The molecule has 2 saturated heterocycles. The number of rotatable bonds is 2. The lowest BCUT2D eigenvalue weighted by molar-refractivity contribution is -0.149. The summed E-state index contributed by atoms with van der Waals surface area (Å²) in [5.74, 6) is 0.507. The minimum atomic E-state index is 0.0219. The maximum Gasteiger partial charge on any atom is 0.0729 e. The number of ether oxygens (including phenoxy) is 2. The van der Waals surface area contributed by atoms with E-state index in [1.807, 2.05) is 0 Å². The van der Waals surface area contributed by atoms with Crippen molar-refractivity contribution in [2.24, 2.45) is 11.7 Å². The van der Waals surface area contributed by atoms with Crippen LogP contribution in [-0.2, 0) is 9.47 Å². The van der Waals surface area contributed by atoms with E-state index in [1.54, 1.807) is 0 Å². The second-order valence-corrected chi connectivity index (χ2v) is 7.48. The molecule has 2 unspecified atom stereocenters. The summed E-state index contributed by atoms with van der Waals surface area (Å²) < 4.78 is 13.0. The molecule has 21 heavy (non-hydrogen) atoms. The SMILES string of the molecule is Cc1cccc(C(N)C2CCOC3(CCOCC3)C2)c1I. The molecule has 116 valence electrons. The number of aryl methyl sites for hydroxylation is 1. The predicted octanol–water partition coefficient (Wildman–Crippen LogP) is 3.58. The van der Waals surface area contributed by atoms with Crippen molar-refractivity contribution in [3.63, 3.8) is 0 Å². The van der Waals surface area contributed by atoms with Crippen LogP contribution >= 0.6 is 22.6 Å². The van der Waals surface area contributed by atoms with Crippen molar-refractivity contribution in [3.8, 4) is 0 Å². The maximum absolute atomic E-state index is 6.64. The van der Waals surface area contributed by atoms with Gasteiger partial charge in [-0.25, -0.2) is 0 Å². The van der Waals surface area contributed by atoms with E-state index in [9.17, 15) is 0 Å². The second kappa shape index (κ2) is 6.52. The largest absolute Gasteiger partial charge is 0.381 e. The van der Waals surface area contributed by atoms with Crippen LogP contribution in [0.1, 0.15) is 42.9 Å². The minimum Gasteiger partial charge on any atom is -0.381 e. The first-order chi connectivity index (χ1) is 10.1. The highest BCUT2D eigenvalue weighted by Crippen LogP contribution is 2.41. The molecule has 2 fully saturated rings. The Labute approximate surface area is 140 Å². The molecule has 2 aliphatic rings. The number of hydrogen-bond donors (Lipinski definition) is 1. The Balaban J connectivity index is 1.78. The summed E-state index contributed by atoms with van der Waals surface area (Å²) in [7, 11) is 0. The Bertz CT molecular complexity index is 494. The van der Waals surface area contributed by atoms with Crippen LogP contribution < -0.4 is 5.73 Å². The topological polar surface area (TPSA) is 44.5 Å². The number of hydrogen-bond acceptors (Lipinski definition) is 3. The molecule has 0 bridgehead atoms. The third-order valence-corrected chi connectivity index (χ3v) is 6.50. The number of nitrogens with two attached hydrogens (primary N) is 1. The van der Waals surface area contributed by atoms with E-state index >= 15 is 0 Å². The third kappa shape index (κ3) is 3.28. The van der Waals surface area contributed by atoms with Gasteiger partial charge in [0, 0.05) is 29.4 Å². The van der Waals surface area contributed by atoms with Gasteiger partial charge in [0.25, 0.3) is 0 Å². The molecule has 2 aliphatic heterocycles. The van der Waals surface area contributed by atoms with Gasteiger partial charge < -0.3 is 15.2 Å². The maximum atomic E-state index is 6.64. The van der Waals surface area contributed by atoms with Crippen molar-refractivity contribution in [1.29, 1.82) is 0 Å². The first-order valence-corrected chi connectivity index (χ1v) is 8.91. The lowest BCUT2D eigenvalue weighted by Crippen LogP contribution is -2.46. The average molecular weight is 401 g/mol. The van der Waals surface area contributed by atoms with E-state index in [0.29, 0.717) is 5.92 Å². The molecule has 2 atom stereocenters. The van der Waals surface area contributed by atoms with Gasteiger partial charge in [0.15, 0.2) is 0 Å². The third-order valence-electron chi connectivity index (χ3n) is 5.02. The van der Waals surface area contributed by atoms with Crippen LogP contribution in [-0.4, -0.2) is 25.4 Å². The molecule has 1 spiro atoms. The second-order valence-electron chi connectivity index (χ2n) is 6.40. The van der Waals surface area contributed by atoms with Gasteiger partial charge in [-0.2, -0.15) is 0 Å². The van der Waals surface area contributed by atoms with Crippen molar-refractivity contribution >= 4 is 22.6 Å². The van der Waals surface area contributed by atoms with Crippen LogP contribution in [0.15, 0.2) is 18.2 Å². The Kier molecular flexibility index (Phi) is 4.88. The van der Waals surface area contributed by atoms with Crippen molar-refractivity contribution in [3.05, 3.63) is 32.9 Å². The average Bonchev–Trinajstić information content (AvgIpc) is 2.50. The Morgan fingerprint density at radius 3 is 2.81 bits per heavy atom. The van der Waals surface area contributed by atoms with Gasteiger partial charge in [-0.05, 0) is 72.2 Å². The quantitative estimate of drug-likeness (QED) is 0.771. The Hall–Kier alpha value is -0.170. The molecule has 0 aromatic heterocycles. The van der Waals surface area contributed by atoms with Crippen molar-refractivity contribution < 1.29 is 9.47 Å². The fourth-order valence-electron chi connectivity index (χ4n) is 3.65. The molecular formula is C17H24INO2. The summed E-state index contributed by atoms with van der Waals surface area (Å²) in [6, 6.07) is 6.57. The predicted molar refractivity (Wildman–Crippen MR) is 92.3 cm³/mol. The first-order valence-electron chi connectivity index (χ1n) is 7.84. The lowest BCUT2D eigenvalue weighted by Gasteiger charge is -2.45. The summed E-state index contributed by atoms with van der Waals surface area (Å²) in [4.78, 5) is 0. The lowest BCUT2D eigenvalue weighted by atomic mass is 9.76. The van der Waals surface area contributed by atoms with Gasteiger partial charge in [0.1, 0.15) is 0 Å². The van der Waals surface area contributed by atoms with Crippen molar-refractivity contribution in [1.82, 2.24) is 0 Å². The summed E-state index contributed by atoms with van der Waals surface area (Å²) in [6.45, 7) is 4.64. The first kappa shape index (κ1) is 15.7. The van der Waals surface area contributed by atoms with Crippen LogP contribution in [0.25, 0.3) is 0 Å². The van der Waals surface area contributed by atoms with Crippen LogP contribution in [0.2, 0.25) is 0 Å². The Morgan fingerprint density at radius 2 is 2.05 bits per heavy atom. The molecule has 0 amide bonds. The van der Waals surface area contributed by atoms with Gasteiger partial charge >= 0.3 is 0 Å². The summed E-state index contributed by atoms with van der Waals surface area (Å²) in [5.41, 5.74) is 9.27. The van der Waals surface area contributed by atoms with E-state index in [2.05, 4.69) is 47.7 Å². The van der Waals surface area contributed by atoms with E-state index in [-0.39, 0.29) is 11.6 Å². The molecule has 0 aliphatic carbocycles. The molecule has 3 nitrogen and oxygen atoms in total. The van der Waals surface area contributed by atoms with Crippen LogP contribution in [0, 0.1) is 16.4 Å². The summed E-state index contributed by atoms with van der Waals surface area (Å²) in [6.07, 6.45) is 4.16. The van der Waals surface area contributed by atoms with Gasteiger partial charge in [-0.1, -0.05) is 18.2 Å². The zero-order chi connectivity index (χ0) is 14.9. The standard InChI is InChI=1S/C17H24INO2/c1-12-3-2-4-14(15(12)18)16(19)13-5-8-21-17(11-13)6-9-20-10-7-17/h2-4,13,16H,5-11,19H2,1H3. The summed E-state index contributed by atoms with van der Waals surface area (Å²) in [5, 5.41) is 0. The smallest absolute Gasteiger partial charge is 0.0729 e. The van der Waals surface area contributed by atoms with Crippen LogP contribution in [0.4, 0.5) is 0 Å². The number of halogens is 1. The van der Waals surface area contributed by atoms with Crippen molar-refractivity contribution in [2.75, 3.05) is 19.8 Å². The van der Waals surface area contributed by atoms with E-state index in [0.717, 1.165) is 45.5 Å². The molecule has 1 aromatic rings. The molecule has 2 N–H and O–H groups in total. The van der Waals surface area contributed by atoms with Crippen LogP contribution in [0.5, 0.6) is 0 Å². The fourth-order valence-corrected chi connectivity index (χ4v) is 4.36. The molecule has 0 saturated carbocycles. The highest BCUT2D eigenvalue weighted by atomic mass is 127. The monoisotopic (exact) mass is 401 g/mol. The molecule has 1 aromatic carbocycles. The van der Waals surface area contributed by atoms with E-state index < -0.39 is 0 Å². The minimum absolute atomic E-state index is 0.0219. The van der Waals surface area contributed by atoms with E-state index in [4.69, 9.17) is 15.2 Å². The van der Waals surface area contributed by atoms with E-state index in [1.165, 1.54) is 14.7 Å². The summed E-state index contributed by atoms with van der Waals surface area (Å²) >= 11 is 2.43. The van der Waals surface area contributed by atoms with Gasteiger partial charge in [-0.3, -0.25) is 0 Å². The van der Waals surface area contributed by atoms with Crippen molar-refractivity contribution in [2.45, 2.75) is 44.2 Å². The highest BCUT2D eigenvalue weighted by molar-refractivity contribution is 14.1. The van der Waals surface area contributed by atoms with Gasteiger partial charge in [0.05, 0.1) is 5.60 Å². The molecular weight excluding hydrogens is 377 g/mol. The normalized spacial score (nSPS) is 26.7. The van der Waals surface area contributed by atoms with Crippen LogP contribution in [0.3, 0.4) is 0 Å². The Morgan fingerprint density at radius 1 is 1.29 bits per heavy atom.